The van der Waals surface area contributed by atoms with Crippen molar-refractivity contribution < 1.29 is 0 Å². The van der Waals surface area contributed by atoms with Gasteiger partial charge in [-0.2, -0.15) is 5.10 Å². The van der Waals surface area contributed by atoms with Gasteiger partial charge in [-0.3, -0.25) is 4.68 Å². The van der Waals surface area contributed by atoms with E-state index in [1.165, 1.54) is 42.6 Å². The van der Waals surface area contributed by atoms with Gasteiger partial charge < -0.3 is 5.32 Å². The molecule has 1 rings (SSSR count). The van der Waals surface area contributed by atoms with Crippen LogP contribution in [0.3, 0.4) is 0 Å². The first-order valence-corrected chi connectivity index (χ1v) is 6.94. The molecule has 1 aromatic heterocycles. The second-order valence-corrected chi connectivity index (χ2v) is 4.71. The number of unbranched alkanes of at least 4 members (excludes halogenated alkanes) is 3. The van der Waals surface area contributed by atoms with E-state index in [0.29, 0.717) is 0 Å². The first kappa shape index (κ1) is 14.2. The van der Waals surface area contributed by atoms with Crippen LogP contribution in [-0.4, -0.2) is 16.3 Å². The molecule has 98 valence electrons. The predicted molar refractivity (Wildman–Crippen MR) is 73.2 cm³/mol. The highest BCUT2D eigenvalue weighted by Crippen LogP contribution is 2.14. The highest BCUT2D eigenvalue weighted by Gasteiger charge is 2.10. The minimum atomic E-state index is 0.948. The molecule has 0 aliphatic carbocycles. The Labute approximate surface area is 106 Å². The lowest BCUT2D eigenvalue weighted by atomic mass is 10.2. The molecule has 1 aromatic rings. The average Bonchev–Trinajstić information content (AvgIpc) is 2.58. The third kappa shape index (κ3) is 4.15. The Morgan fingerprint density at radius 3 is 2.53 bits per heavy atom. The van der Waals surface area contributed by atoms with Crippen LogP contribution >= 0.6 is 0 Å². The first-order valence-electron chi connectivity index (χ1n) is 6.94. The molecule has 0 aromatic carbocycles. The van der Waals surface area contributed by atoms with E-state index in [2.05, 4.69) is 42.8 Å². The standard InChI is InChI=1S/C14H27N3/c1-5-7-8-9-10-17-13(4)14(11-15-6-2)12(3)16-17/h15H,5-11H2,1-4H3. The summed E-state index contributed by atoms with van der Waals surface area (Å²) in [6.07, 6.45) is 5.19. The Morgan fingerprint density at radius 1 is 1.12 bits per heavy atom. The maximum Gasteiger partial charge on any atom is 0.0641 e. The Hall–Kier alpha value is -0.830. The quantitative estimate of drug-likeness (QED) is 0.704. The number of aryl methyl sites for hydroxylation is 2. The normalized spacial score (nSPS) is 11.1. The van der Waals surface area contributed by atoms with Gasteiger partial charge in [-0.25, -0.2) is 0 Å². The van der Waals surface area contributed by atoms with Gasteiger partial charge in [-0.05, 0) is 26.8 Å². The molecular formula is C14H27N3. The van der Waals surface area contributed by atoms with Crippen molar-refractivity contribution in [2.75, 3.05) is 6.54 Å². The second-order valence-electron chi connectivity index (χ2n) is 4.71. The van der Waals surface area contributed by atoms with Crippen LogP contribution in [0.4, 0.5) is 0 Å². The zero-order valence-corrected chi connectivity index (χ0v) is 11.8. The van der Waals surface area contributed by atoms with Crippen molar-refractivity contribution in [3.05, 3.63) is 17.0 Å². The van der Waals surface area contributed by atoms with E-state index in [-0.39, 0.29) is 0 Å². The molecule has 3 heteroatoms. The van der Waals surface area contributed by atoms with E-state index in [4.69, 9.17) is 0 Å². The van der Waals surface area contributed by atoms with Gasteiger partial charge in [0.05, 0.1) is 5.69 Å². The van der Waals surface area contributed by atoms with Crippen molar-refractivity contribution in [3.8, 4) is 0 Å². The number of hydrogen-bond donors (Lipinski definition) is 1. The number of nitrogens with one attached hydrogen (secondary N) is 1. The van der Waals surface area contributed by atoms with Crippen molar-refractivity contribution in [2.24, 2.45) is 0 Å². The van der Waals surface area contributed by atoms with E-state index < -0.39 is 0 Å². The molecule has 1 N–H and O–H groups in total. The van der Waals surface area contributed by atoms with Gasteiger partial charge >= 0.3 is 0 Å². The van der Waals surface area contributed by atoms with Crippen molar-refractivity contribution >= 4 is 0 Å². The molecule has 0 aliphatic rings. The van der Waals surface area contributed by atoms with Crippen LogP contribution < -0.4 is 5.32 Å². The molecule has 0 bridgehead atoms. The maximum atomic E-state index is 4.64. The number of nitrogens with zero attached hydrogens (tertiary/aromatic N) is 2. The van der Waals surface area contributed by atoms with Gasteiger partial charge in [0.2, 0.25) is 0 Å². The van der Waals surface area contributed by atoms with Crippen molar-refractivity contribution in [3.63, 3.8) is 0 Å². The molecule has 0 saturated carbocycles. The summed E-state index contributed by atoms with van der Waals surface area (Å²) in [7, 11) is 0. The van der Waals surface area contributed by atoms with Gasteiger partial charge in [-0.15, -0.1) is 0 Å². The van der Waals surface area contributed by atoms with Crippen LogP contribution in [0.25, 0.3) is 0 Å². The fourth-order valence-electron chi connectivity index (χ4n) is 2.15. The molecule has 0 atom stereocenters. The van der Waals surface area contributed by atoms with Gasteiger partial charge in [0.25, 0.3) is 0 Å². The molecule has 0 amide bonds. The highest BCUT2D eigenvalue weighted by atomic mass is 15.3. The van der Waals surface area contributed by atoms with Crippen molar-refractivity contribution in [1.29, 1.82) is 0 Å². The molecule has 0 saturated heterocycles. The summed E-state index contributed by atoms with van der Waals surface area (Å²) in [5.74, 6) is 0. The number of hydrogen-bond acceptors (Lipinski definition) is 2. The van der Waals surface area contributed by atoms with Gasteiger partial charge in [-0.1, -0.05) is 33.1 Å². The summed E-state index contributed by atoms with van der Waals surface area (Å²) in [4.78, 5) is 0. The SMILES string of the molecule is CCCCCCn1nc(C)c(CNCC)c1C. The van der Waals surface area contributed by atoms with Crippen LogP contribution in [0.5, 0.6) is 0 Å². The zero-order chi connectivity index (χ0) is 12.7. The van der Waals surface area contributed by atoms with Crippen LogP contribution in [0.15, 0.2) is 0 Å². The minimum Gasteiger partial charge on any atom is -0.313 e. The first-order chi connectivity index (χ1) is 8.20. The topological polar surface area (TPSA) is 29.9 Å². The van der Waals surface area contributed by atoms with Gasteiger partial charge in [0.1, 0.15) is 0 Å². The highest BCUT2D eigenvalue weighted by molar-refractivity contribution is 5.24. The van der Waals surface area contributed by atoms with Crippen LogP contribution in [-0.2, 0) is 13.1 Å². The molecule has 0 spiro atoms. The summed E-state index contributed by atoms with van der Waals surface area (Å²) >= 11 is 0. The fourth-order valence-corrected chi connectivity index (χ4v) is 2.15. The lowest BCUT2D eigenvalue weighted by molar-refractivity contribution is 0.528. The fraction of sp³-hybridized carbons (Fsp3) is 0.786. The molecule has 0 aliphatic heterocycles. The monoisotopic (exact) mass is 237 g/mol. The van der Waals surface area contributed by atoms with Crippen molar-refractivity contribution in [1.82, 2.24) is 15.1 Å². The van der Waals surface area contributed by atoms with E-state index in [9.17, 15) is 0 Å². The molecule has 0 radical (unpaired) electrons. The Balaban J connectivity index is 2.55. The summed E-state index contributed by atoms with van der Waals surface area (Å²) in [6, 6.07) is 0. The largest absolute Gasteiger partial charge is 0.313 e. The Bertz CT molecular complexity index is 328. The van der Waals surface area contributed by atoms with E-state index in [1.807, 2.05) is 0 Å². The third-order valence-corrected chi connectivity index (χ3v) is 3.31. The van der Waals surface area contributed by atoms with Gasteiger partial charge in [0, 0.05) is 24.3 Å². The number of rotatable bonds is 8. The summed E-state index contributed by atoms with van der Waals surface area (Å²) in [6.45, 7) is 11.7. The van der Waals surface area contributed by atoms with Crippen LogP contribution in [0.2, 0.25) is 0 Å². The summed E-state index contributed by atoms with van der Waals surface area (Å²) < 4.78 is 2.18. The van der Waals surface area contributed by atoms with Gasteiger partial charge in [0.15, 0.2) is 0 Å². The summed E-state index contributed by atoms with van der Waals surface area (Å²) in [5.41, 5.74) is 3.89. The number of aromatic nitrogens is 2. The molecule has 0 unspecified atom stereocenters. The Kier molecular flexibility index (Phi) is 6.27. The maximum absolute atomic E-state index is 4.64. The average molecular weight is 237 g/mol. The molecule has 3 nitrogen and oxygen atoms in total. The molecule has 0 fully saturated rings. The molecule has 1 heterocycles. The van der Waals surface area contributed by atoms with E-state index in [0.717, 1.165) is 19.6 Å². The van der Waals surface area contributed by atoms with Crippen molar-refractivity contribution in [2.45, 2.75) is 66.5 Å². The molecule has 17 heavy (non-hydrogen) atoms. The smallest absolute Gasteiger partial charge is 0.0641 e. The predicted octanol–water partition coefficient (Wildman–Crippen LogP) is 3.19. The second kappa shape index (κ2) is 7.49. The zero-order valence-electron chi connectivity index (χ0n) is 11.8. The van der Waals surface area contributed by atoms with Crippen LogP contribution in [0, 0.1) is 13.8 Å². The van der Waals surface area contributed by atoms with Crippen LogP contribution in [0.1, 0.15) is 56.5 Å². The van der Waals surface area contributed by atoms with E-state index in [1.54, 1.807) is 0 Å². The lowest BCUT2D eigenvalue weighted by Crippen LogP contribution is -2.13. The lowest BCUT2D eigenvalue weighted by Gasteiger charge is -2.05. The van der Waals surface area contributed by atoms with E-state index >= 15 is 0 Å². The minimum absolute atomic E-state index is 0.948. The molecular weight excluding hydrogens is 210 g/mol. The third-order valence-electron chi connectivity index (χ3n) is 3.31. The summed E-state index contributed by atoms with van der Waals surface area (Å²) in [5, 5.41) is 8.02. The Morgan fingerprint density at radius 2 is 1.88 bits per heavy atom.